The number of rotatable bonds is 5. The molecule has 0 unspecified atom stereocenters. The molecule has 0 aliphatic rings. The number of carbonyl (C=O) groups excluding carboxylic acids is 1. The fourth-order valence-corrected chi connectivity index (χ4v) is 3.22. The molecule has 4 aromatic rings. The zero-order chi connectivity index (χ0) is 20.9. The van der Waals surface area contributed by atoms with Crippen LogP contribution in [0.25, 0.3) is 16.9 Å². The minimum atomic E-state index is -0.248. The maximum Gasteiger partial charge on any atom is 0.271 e. The third-order valence-corrected chi connectivity index (χ3v) is 4.70. The second kappa shape index (κ2) is 8.57. The zero-order valence-corrected chi connectivity index (χ0v) is 16.9. The smallest absolute Gasteiger partial charge is 0.267 e. The third-order valence-electron chi connectivity index (χ3n) is 4.70. The molecule has 0 atom stereocenters. The van der Waals surface area contributed by atoms with Gasteiger partial charge in [0.25, 0.3) is 5.91 Å². The highest BCUT2D eigenvalue weighted by Crippen LogP contribution is 2.23. The SMILES string of the molecule is Cc1cccc(C(=O)N/N=C/c2cn(-c3ccccc3)nc2-c2cccc(C)c2)c1. The van der Waals surface area contributed by atoms with Gasteiger partial charge in [-0.05, 0) is 44.2 Å². The van der Waals surface area contributed by atoms with Crippen molar-refractivity contribution in [2.24, 2.45) is 5.10 Å². The lowest BCUT2D eigenvalue weighted by molar-refractivity contribution is 0.0955. The molecule has 0 bridgehead atoms. The lowest BCUT2D eigenvalue weighted by Gasteiger charge is -2.02. The molecule has 3 aromatic carbocycles. The summed E-state index contributed by atoms with van der Waals surface area (Å²) < 4.78 is 1.82. The zero-order valence-electron chi connectivity index (χ0n) is 16.9. The van der Waals surface area contributed by atoms with Gasteiger partial charge in [0.2, 0.25) is 0 Å². The molecule has 0 saturated heterocycles. The van der Waals surface area contributed by atoms with E-state index < -0.39 is 0 Å². The average molecular weight is 394 g/mol. The van der Waals surface area contributed by atoms with Crippen LogP contribution in [0.5, 0.6) is 0 Å². The highest BCUT2D eigenvalue weighted by molar-refractivity contribution is 5.95. The number of aromatic nitrogens is 2. The van der Waals surface area contributed by atoms with Crippen LogP contribution in [-0.2, 0) is 0 Å². The Kier molecular flexibility index (Phi) is 5.52. The molecule has 5 nitrogen and oxygen atoms in total. The van der Waals surface area contributed by atoms with Crippen molar-refractivity contribution >= 4 is 12.1 Å². The summed E-state index contributed by atoms with van der Waals surface area (Å²) in [6, 6.07) is 25.5. The van der Waals surface area contributed by atoms with Crippen LogP contribution in [0.4, 0.5) is 0 Å². The van der Waals surface area contributed by atoms with E-state index in [2.05, 4.69) is 16.6 Å². The number of hydrogen-bond acceptors (Lipinski definition) is 3. The summed E-state index contributed by atoms with van der Waals surface area (Å²) in [6.07, 6.45) is 3.55. The first-order valence-electron chi connectivity index (χ1n) is 9.72. The highest BCUT2D eigenvalue weighted by atomic mass is 16.2. The first kappa shape index (κ1) is 19.3. The van der Waals surface area contributed by atoms with E-state index in [0.29, 0.717) is 5.56 Å². The summed E-state index contributed by atoms with van der Waals surface area (Å²) in [5.74, 6) is -0.248. The van der Waals surface area contributed by atoms with Gasteiger partial charge >= 0.3 is 0 Å². The van der Waals surface area contributed by atoms with E-state index in [1.165, 1.54) is 0 Å². The summed E-state index contributed by atoms with van der Waals surface area (Å²) in [5.41, 5.74) is 8.92. The second-order valence-corrected chi connectivity index (χ2v) is 7.15. The van der Waals surface area contributed by atoms with Crippen molar-refractivity contribution in [3.05, 3.63) is 107 Å². The number of aryl methyl sites for hydroxylation is 2. The molecular formula is C25H22N4O. The highest BCUT2D eigenvalue weighted by Gasteiger charge is 2.12. The summed E-state index contributed by atoms with van der Waals surface area (Å²) >= 11 is 0. The van der Waals surface area contributed by atoms with Crippen LogP contribution in [-0.4, -0.2) is 21.9 Å². The number of para-hydroxylation sites is 1. The second-order valence-electron chi connectivity index (χ2n) is 7.15. The van der Waals surface area contributed by atoms with Gasteiger partial charge in [0, 0.05) is 22.9 Å². The van der Waals surface area contributed by atoms with Crippen LogP contribution in [0.2, 0.25) is 0 Å². The molecule has 1 aromatic heterocycles. The van der Waals surface area contributed by atoms with Crippen molar-refractivity contribution in [3.63, 3.8) is 0 Å². The fourth-order valence-electron chi connectivity index (χ4n) is 3.22. The first-order chi connectivity index (χ1) is 14.6. The largest absolute Gasteiger partial charge is 0.271 e. The standard InChI is InChI=1S/C25H22N4O/c1-18-8-6-10-20(14-18)24-22(17-29(28-24)23-12-4-3-5-13-23)16-26-27-25(30)21-11-7-9-19(2)15-21/h3-17H,1-2H3,(H,27,30)/b26-16+. The Balaban J connectivity index is 1.65. The topological polar surface area (TPSA) is 59.3 Å². The van der Waals surface area contributed by atoms with E-state index in [1.807, 2.05) is 91.5 Å². The molecule has 0 aliphatic heterocycles. The van der Waals surface area contributed by atoms with Gasteiger partial charge in [0.15, 0.2) is 0 Å². The lowest BCUT2D eigenvalue weighted by atomic mass is 10.1. The lowest BCUT2D eigenvalue weighted by Crippen LogP contribution is -2.17. The summed E-state index contributed by atoms with van der Waals surface area (Å²) in [6.45, 7) is 4.00. The number of benzene rings is 3. The average Bonchev–Trinajstić information content (AvgIpc) is 3.18. The molecule has 0 aliphatic carbocycles. The molecule has 5 heteroatoms. The van der Waals surface area contributed by atoms with Crippen LogP contribution < -0.4 is 5.43 Å². The van der Waals surface area contributed by atoms with E-state index in [0.717, 1.165) is 33.6 Å². The molecule has 0 saturated carbocycles. The van der Waals surface area contributed by atoms with Gasteiger partial charge in [-0.15, -0.1) is 0 Å². The van der Waals surface area contributed by atoms with Crippen molar-refractivity contribution in [1.29, 1.82) is 0 Å². The fraction of sp³-hybridized carbons (Fsp3) is 0.0800. The Labute approximate surface area is 175 Å². The number of nitrogens with one attached hydrogen (secondary N) is 1. The number of amides is 1. The molecular weight excluding hydrogens is 372 g/mol. The molecule has 148 valence electrons. The first-order valence-corrected chi connectivity index (χ1v) is 9.72. The Morgan fingerprint density at radius 1 is 0.933 bits per heavy atom. The normalized spacial score (nSPS) is 11.0. The number of hydrogen-bond donors (Lipinski definition) is 1. The maximum absolute atomic E-state index is 12.4. The van der Waals surface area contributed by atoms with Crippen molar-refractivity contribution in [1.82, 2.24) is 15.2 Å². The van der Waals surface area contributed by atoms with Crippen LogP contribution in [0.3, 0.4) is 0 Å². The summed E-state index contributed by atoms with van der Waals surface area (Å²) in [7, 11) is 0. The third kappa shape index (κ3) is 4.36. The molecule has 1 N–H and O–H groups in total. The van der Waals surface area contributed by atoms with Gasteiger partial charge < -0.3 is 0 Å². The molecule has 1 heterocycles. The van der Waals surface area contributed by atoms with Crippen molar-refractivity contribution in [2.45, 2.75) is 13.8 Å². The molecule has 4 rings (SSSR count). The summed E-state index contributed by atoms with van der Waals surface area (Å²) in [5, 5.41) is 8.96. The van der Waals surface area contributed by atoms with Gasteiger partial charge in [0.05, 0.1) is 11.9 Å². The summed E-state index contributed by atoms with van der Waals surface area (Å²) in [4.78, 5) is 12.4. The van der Waals surface area contributed by atoms with E-state index in [9.17, 15) is 4.79 Å². The van der Waals surface area contributed by atoms with Crippen molar-refractivity contribution in [2.75, 3.05) is 0 Å². The van der Waals surface area contributed by atoms with Gasteiger partial charge in [-0.1, -0.05) is 59.7 Å². The number of nitrogens with zero attached hydrogens (tertiary/aromatic N) is 3. The number of carbonyl (C=O) groups is 1. The van der Waals surface area contributed by atoms with E-state index in [1.54, 1.807) is 12.3 Å². The predicted octanol–water partition coefficient (Wildman–Crippen LogP) is 4.92. The van der Waals surface area contributed by atoms with Crippen LogP contribution in [0.15, 0.2) is 90.2 Å². The van der Waals surface area contributed by atoms with Crippen molar-refractivity contribution < 1.29 is 4.79 Å². The van der Waals surface area contributed by atoms with E-state index in [4.69, 9.17) is 5.10 Å². The number of hydrazone groups is 1. The van der Waals surface area contributed by atoms with E-state index in [-0.39, 0.29) is 5.91 Å². The van der Waals surface area contributed by atoms with Crippen molar-refractivity contribution in [3.8, 4) is 16.9 Å². The maximum atomic E-state index is 12.4. The Morgan fingerprint density at radius 3 is 2.40 bits per heavy atom. The van der Waals surface area contributed by atoms with Gasteiger partial charge in [0.1, 0.15) is 5.69 Å². The molecule has 0 radical (unpaired) electrons. The monoisotopic (exact) mass is 394 g/mol. The Bertz CT molecular complexity index is 1210. The molecule has 1 amide bonds. The molecule has 0 spiro atoms. The minimum absolute atomic E-state index is 0.248. The Hall–Kier alpha value is -3.99. The van der Waals surface area contributed by atoms with Crippen LogP contribution >= 0.6 is 0 Å². The van der Waals surface area contributed by atoms with Crippen LogP contribution in [0.1, 0.15) is 27.0 Å². The van der Waals surface area contributed by atoms with Gasteiger partial charge in [-0.2, -0.15) is 10.2 Å². The minimum Gasteiger partial charge on any atom is -0.267 e. The van der Waals surface area contributed by atoms with Gasteiger partial charge in [-0.25, -0.2) is 10.1 Å². The van der Waals surface area contributed by atoms with E-state index >= 15 is 0 Å². The molecule has 30 heavy (non-hydrogen) atoms. The van der Waals surface area contributed by atoms with Crippen LogP contribution in [0, 0.1) is 13.8 Å². The molecule has 0 fully saturated rings. The predicted molar refractivity (Wildman–Crippen MR) is 120 cm³/mol. The quantitative estimate of drug-likeness (QED) is 0.386. The Morgan fingerprint density at radius 2 is 1.67 bits per heavy atom. The van der Waals surface area contributed by atoms with Gasteiger partial charge in [-0.3, -0.25) is 4.79 Å².